The number of carbonyl (C=O) groups is 2. The molecule has 1 fully saturated rings. The third-order valence-corrected chi connectivity index (χ3v) is 5.71. The van der Waals surface area contributed by atoms with Crippen molar-refractivity contribution in [2.45, 2.75) is 19.4 Å². The van der Waals surface area contributed by atoms with Crippen molar-refractivity contribution in [3.05, 3.63) is 59.2 Å². The fraction of sp³-hybridized carbons (Fsp3) is 0.385. The Hall–Kier alpha value is -3.52. The second kappa shape index (κ2) is 11.1. The van der Waals surface area contributed by atoms with Crippen LogP contribution in [0.3, 0.4) is 0 Å². The first-order valence-electron chi connectivity index (χ1n) is 11.2. The Morgan fingerprint density at radius 1 is 1.03 bits per heavy atom. The van der Waals surface area contributed by atoms with Gasteiger partial charge >= 0.3 is 0 Å². The normalized spacial score (nSPS) is 17.4. The molecule has 182 valence electrons. The van der Waals surface area contributed by atoms with Gasteiger partial charge in [0, 0.05) is 6.54 Å². The number of Topliss-reactive ketones (excluding diaryl/α,β-unsaturated/α-hetero) is 1. The van der Waals surface area contributed by atoms with Crippen LogP contribution in [0.4, 0.5) is 0 Å². The van der Waals surface area contributed by atoms with Crippen molar-refractivity contribution < 1.29 is 28.9 Å². The Kier molecular flexibility index (Phi) is 8.17. The van der Waals surface area contributed by atoms with Crippen molar-refractivity contribution >= 4 is 17.4 Å². The summed E-state index contributed by atoms with van der Waals surface area (Å²) >= 11 is 0. The molecular weight excluding hydrogens is 436 g/mol. The van der Waals surface area contributed by atoms with Crippen LogP contribution in [0.25, 0.3) is 5.76 Å². The molecule has 3 rings (SSSR count). The van der Waals surface area contributed by atoms with Gasteiger partial charge in [-0.25, -0.2) is 0 Å². The lowest BCUT2D eigenvalue weighted by molar-refractivity contribution is -0.139. The maximum atomic E-state index is 13.2. The Labute approximate surface area is 200 Å². The molecule has 0 aromatic heterocycles. The lowest BCUT2D eigenvalue weighted by Gasteiger charge is -2.26. The predicted octanol–water partition coefficient (Wildman–Crippen LogP) is 3.48. The Morgan fingerprint density at radius 2 is 1.74 bits per heavy atom. The number of rotatable bonds is 10. The second-order valence-electron chi connectivity index (χ2n) is 8.19. The van der Waals surface area contributed by atoms with Gasteiger partial charge in [0.05, 0.1) is 38.0 Å². The molecule has 1 N–H and O–H groups in total. The summed E-state index contributed by atoms with van der Waals surface area (Å²) in [5, 5.41) is 11.3. The van der Waals surface area contributed by atoms with E-state index >= 15 is 0 Å². The molecule has 8 heteroatoms. The predicted molar refractivity (Wildman–Crippen MR) is 129 cm³/mol. The summed E-state index contributed by atoms with van der Waals surface area (Å²) in [6, 6.07) is 11.4. The van der Waals surface area contributed by atoms with E-state index in [0.29, 0.717) is 47.9 Å². The summed E-state index contributed by atoms with van der Waals surface area (Å²) in [7, 11) is 6.92. The van der Waals surface area contributed by atoms with E-state index in [4.69, 9.17) is 14.2 Å². The minimum atomic E-state index is -0.781. The van der Waals surface area contributed by atoms with Gasteiger partial charge in [0.25, 0.3) is 11.7 Å². The summed E-state index contributed by atoms with van der Waals surface area (Å²) in [4.78, 5) is 29.9. The van der Waals surface area contributed by atoms with Gasteiger partial charge in [-0.1, -0.05) is 18.2 Å². The van der Waals surface area contributed by atoms with Crippen LogP contribution < -0.4 is 14.2 Å². The highest BCUT2D eigenvalue weighted by Crippen LogP contribution is 2.43. The van der Waals surface area contributed by atoms with E-state index in [-0.39, 0.29) is 11.3 Å². The molecule has 34 heavy (non-hydrogen) atoms. The van der Waals surface area contributed by atoms with Crippen LogP contribution in [0.2, 0.25) is 0 Å². The number of hydrogen-bond acceptors (Lipinski definition) is 7. The molecule has 1 amide bonds. The number of likely N-dealkylation sites (tertiary alicyclic amines) is 1. The molecule has 1 saturated heterocycles. The van der Waals surface area contributed by atoms with Gasteiger partial charge < -0.3 is 29.1 Å². The van der Waals surface area contributed by atoms with E-state index in [0.717, 1.165) is 6.54 Å². The molecule has 0 bridgehead atoms. The third-order valence-electron chi connectivity index (χ3n) is 5.71. The fourth-order valence-corrected chi connectivity index (χ4v) is 4.13. The van der Waals surface area contributed by atoms with Gasteiger partial charge in [0.2, 0.25) is 0 Å². The number of nitrogens with zero attached hydrogens (tertiary/aromatic N) is 2. The first-order chi connectivity index (χ1) is 16.3. The number of amides is 1. The first kappa shape index (κ1) is 25.1. The molecular formula is C26H32N2O6. The number of carbonyl (C=O) groups excluding carboxylic acids is 2. The molecule has 0 radical (unpaired) electrons. The number of methoxy groups -OCH3 is 2. The highest BCUT2D eigenvalue weighted by atomic mass is 16.5. The Balaban J connectivity index is 2.17. The molecule has 0 saturated carbocycles. The summed E-state index contributed by atoms with van der Waals surface area (Å²) in [6.45, 7) is 3.44. The van der Waals surface area contributed by atoms with Gasteiger partial charge in [-0.3, -0.25) is 9.59 Å². The summed E-state index contributed by atoms with van der Waals surface area (Å²) in [5.74, 6) is -0.205. The molecule has 1 atom stereocenters. The van der Waals surface area contributed by atoms with Crippen LogP contribution in [0.15, 0.2) is 48.0 Å². The molecule has 1 aliphatic heterocycles. The average Bonchev–Trinajstić information content (AvgIpc) is 3.08. The van der Waals surface area contributed by atoms with Gasteiger partial charge in [-0.2, -0.15) is 0 Å². The zero-order valence-corrected chi connectivity index (χ0v) is 20.3. The third kappa shape index (κ3) is 5.02. The maximum absolute atomic E-state index is 13.2. The number of aliphatic hydroxyl groups excluding tert-OH is 1. The number of benzene rings is 2. The van der Waals surface area contributed by atoms with Crippen molar-refractivity contribution in [1.82, 2.24) is 9.80 Å². The van der Waals surface area contributed by atoms with Crippen LogP contribution in [0, 0.1) is 0 Å². The largest absolute Gasteiger partial charge is 0.507 e. The SMILES string of the molecule is CCOc1ccc(C2/C(=C(\O)c3ccccc3OC)C(=O)C(=O)N2CCCN(C)C)cc1OC. The molecule has 2 aromatic rings. The lowest BCUT2D eigenvalue weighted by Crippen LogP contribution is -2.32. The molecule has 1 heterocycles. The Morgan fingerprint density at radius 3 is 2.38 bits per heavy atom. The smallest absolute Gasteiger partial charge is 0.295 e. The molecule has 0 aliphatic carbocycles. The number of aliphatic hydroxyl groups is 1. The van der Waals surface area contributed by atoms with E-state index in [9.17, 15) is 14.7 Å². The van der Waals surface area contributed by atoms with Crippen molar-refractivity contribution in [3.8, 4) is 17.2 Å². The van der Waals surface area contributed by atoms with Crippen molar-refractivity contribution in [2.75, 3.05) is 48.0 Å². The molecule has 0 spiro atoms. The van der Waals surface area contributed by atoms with Gasteiger partial charge in [0.1, 0.15) is 11.5 Å². The number of para-hydroxylation sites is 1. The summed E-state index contributed by atoms with van der Waals surface area (Å²) in [6.07, 6.45) is 0.666. The molecule has 1 unspecified atom stereocenters. The average molecular weight is 469 g/mol. The van der Waals surface area contributed by atoms with Crippen LogP contribution >= 0.6 is 0 Å². The first-order valence-corrected chi connectivity index (χ1v) is 11.2. The van der Waals surface area contributed by atoms with Crippen LogP contribution in [0.1, 0.15) is 30.5 Å². The van der Waals surface area contributed by atoms with Crippen molar-refractivity contribution in [2.24, 2.45) is 0 Å². The zero-order valence-electron chi connectivity index (χ0n) is 20.3. The maximum Gasteiger partial charge on any atom is 0.295 e. The van der Waals surface area contributed by atoms with E-state index in [1.54, 1.807) is 42.5 Å². The van der Waals surface area contributed by atoms with E-state index in [1.807, 2.05) is 25.9 Å². The second-order valence-corrected chi connectivity index (χ2v) is 8.19. The monoisotopic (exact) mass is 468 g/mol. The zero-order chi connectivity index (χ0) is 24.8. The van der Waals surface area contributed by atoms with Gasteiger partial charge in [-0.15, -0.1) is 0 Å². The minimum absolute atomic E-state index is 0.0190. The van der Waals surface area contributed by atoms with E-state index in [2.05, 4.69) is 0 Å². The summed E-state index contributed by atoms with van der Waals surface area (Å²) < 4.78 is 16.5. The van der Waals surface area contributed by atoms with Crippen LogP contribution in [0.5, 0.6) is 17.2 Å². The van der Waals surface area contributed by atoms with E-state index < -0.39 is 17.7 Å². The highest BCUT2D eigenvalue weighted by Gasteiger charge is 2.46. The minimum Gasteiger partial charge on any atom is -0.507 e. The molecule has 1 aliphatic rings. The van der Waals surface area contributed by atoms with Crippen LogP contribution in [-0.2, 0) is 9.59 Å². The van der Waals surface area contributed by atoms with Crippen LogP contribution in [-0.4, -0.2) is 74.6 Å². The van der Waals surface area contributed by atoms with Crippen molar-refractivity contribution in [1.29, 1.82) is 0 Å². The lowest BCUT2D eigenvalue weighted by atomic mass is 9.94. The number of ether oxygens (including phenoxy) is 3. The van der Waals surface area contributed by atoms with Gasteiger partial charge in [0.15, 0.2) is 11.5 Å². The molecule has 2 aromatic carbocycles. The summed E-state index contributed by atoms with van der Waals surface area (Å²) in [5.41, 5.74) is 1.01. The number of hydrogen-bond donors (Lipinski definition) is 1. The quantitative estimate of drug-likeness (QED) is 0.324. The highest BCUT2D eigenvalue weighted by molar-refractivity contribution is 6.46. The Bertz CT molecular complexity index is 1080. The topological polar surface area (TPSA) is 88.5 Å². The van der Waals surface area contributed by atoms with Crippen molar-refractivity contribution in [3.63, 3.8) is 0 Å². The molecule has 8 nitrogen and oxygen atoms in total. The fourth-order valence-electron chi connectivity index (χ4n) is 4.13. The number of ketones is 1. The standard InChI is InChI=1S/C26H32N2O6/c1-6-34-20-13-12-17(16-21(20)33-5)23-22(24(29)18-10-7-8-11-19(18)32-4)25(30)26(31)28(23)15-9-14-27(2)3/h7-8,10-13,16,23,29H,6,9,14-15H2,1-5H3/b24-22+. The van der Waals surface area contributed by atoms with E-state index in [1.165, 1.54) is 19.1 Å². The van der Waals surface area contributed by atoms with Gasteiger partial charge in [-0.05, 0) is 63.8 Å².